The lowest BCUT2D eigenvalue weighted by atomic mass is 9.91. The minimum Gasteiger partial charge on any atom is -0.496 e. The van der Waals surface area contributed by atoms with E-state index >= 15 is 0 Å². The van der Waals surface area contributed by atoms with E-state index in [2.05, 4.69) is 22.9 Å². The molecule has 1 atom stereocenters. The molecular weight excluding hydrogens is 262 g/mol. The van der Waals surface area contributed by atoms with Gasteiger partial charge in [0.15, 0.2) is 0 Å². The normalized spacial score (nSPS) is 18.0. The summed E-state index contributed by atoms with van der Waals surface area (Å²) in [4.78, 5) is 6.99. The molecule has 2 N–H and O–H groups in total. The lowest BCUT2D eigenvalue weighted by molar-refractivity contribution is 0.354. The summed E-state index contributed by atoms with van der Waals surface area (Å²) < 4.78 is 5.46. The molecule has 0 amide bonds. The zero-order valence-electron chi connectivity index (χ0n) is 12.7. The van der Waals surface area contributed by atoms with Crippen molar-refractivity contribution >= 4 is 16.6 Å². The molecule has 3 rings (SSSR count). The summed E-state index contributed by atoms with van der Waals surface area (Å²) in [7, 11) is 1.71. The zero-order chi connectivity index (χ0) is 14.8. The van der Waals surface area contributed by atoms with Crippen molar-refractivity contribution < 1.29 is 4.74 Å². The molecule has 2 aromatic rings. The number of benzene rings is 1. The molecule has 1 aliphatic heterocycles. The van der Waals surface area contributed by atoms with E-state index in [0.29, 0.717) is 5.92 Å². The van der Waals surface area contributed by atoms with Crippen molar-refractivity contribution in [2.45, 2.75) is 25.8 Å². The molecule has 21 heavy (non-hydrogen) atoms. The number of methoxy groups -OCH3 is 1. The highest BCUT2D eigenvalue weighted by atomic mass is 16.5. The number of hydrogen-bond donors (Lipinski definition) is 1. The van der Waals surface area contributed by atoms with Gasteiger partial charge >= 0.3 is 0 Å². The van der Waals surface area contributed by atoms with Gasteiger partial charge in [0.25, 0.3) is 0 Å². The van der Waals surface area contributed by atoms with Gasteiger partial charge < -0.3 is 15.4 Å². The van der Waals surface area contributed by atoms with E-state index in [4.69, 9.17) is 10.5 Å². The Hall–Kier alpha value is -1.81. The first-order valence-electron chi connectivity index (χ1n) is 7.63. The van der Waals surface area contributed by atoms with Crippen molar-refractivity contribution in [3.8, 4) is 5.75 Å². The van der Waals surface area contributed by atoms with Crippen LogP contribution in [-0.4, -0.2) is 31.2 Å². The molecule has 0 saturated carbocycles. The fourth-order valence-corrected chi connectivity index (χ4v) is 3.23. The first kappa shape index (κ1) is 14.1. The Kier molecular flexibility index (Phi) is 3.97. The lowest BCUT2D eigenvalue weighted by Gasteiger charge is -2.35. The van der Waals surface area contributed by atoms with Gasteiger partial charge in [0.1, 0.15) is 11.6 Å². The minimum atomic E-state index is 0.285. The van der Waals surface area contributed by atoms with Crippen molar-refractivity contribution in [2.24, 2.45) is 11.7 Å². The number of nitrogens with zero attached hydrogens (tertiary/aromatic N) is 2. The fourth-order valence-electron chi connectivity index (χ4n) is 3.23. The van der Waals surface area contributed by atoms with Crippen LogP contribution in [0.25, 0.3) is 10.8 Å². The number of aromatic nitrogens is 1. The maximum absolute atomic E-state index is 6.03. The molecule has 1 aromatic heterocycles. The number of anilines is 1. The van der Waals surface area contributed by atoms with Crippen LogP contribution in [0.15, 0.2) is 30.5 Å². The van der Waals surface area contributed by atoms with Crippen LogP contribution < -0.4 is 15.4 Å². The highest BCUT2D eigenvalue weighted by Crippen LogP contribution is 2.33. The van der Waals surface area contributed by atoms with E-state index in [-0.39, 0.29) is 6.04 Å². The van der Waals surface area contributed by atoms with E-state index in [0.717, 1.165) is 48.3 Å². The highest BCUT2D eigenvalue weighted by molar-refractivity contribution is 5.96. The second-order valence-electron chi connectivity index (χ2n) is 5.87. The van der Waals surface area contributed by atoms with Gasteiger partial charge in [-0.25, -0.2) is 4.98 Å². The summed E-state index contributed by atoms with van der Waals surface area (Å²) in [6.07, 6.45) is 4.15. The first-order valence-corrected chi connectivity index (χ1v) is 7.63. The average molecular weight is 285 g/mol. The fraction of sp³-hybridized carbons (Fsp3) is 0.471. The maximum Gasteiger partial charge on any atom is 0.136 e. The van der Waals surface area contributed by atoms with Crippen molar-refractivity contribution in [1.82, 2.24) is 4.98 Å². The van der Waals surface area contributed by atoms with Crippen LogP contribution in [0.3, 0.4) is 0 Å². The molecule has 1 aromatic carbocycles. The van der Waals surface area contributed by atoms with Crippen LogP contribution in [0.4, 0.5) is 5.82 Å². The van der Waals surface area contributed by atoms with Crippen molar-refractivity contribution in [1.29, 1.82) is 0 Å². The van der Waals surface area contributed by atoms with Gasteiger partial charge in [-0.2, -0.15) is 0 Å². The molecular formula is C17H23N3O. The van der Waals surface area contributed by atoms with Gasteiger partial charge in [-0.05, 0) is 37.8 Å². The summed E-state index contributed by atoms with van der Waals surface area (Å²) >= 11 is 0. The van der Waals surface area contributed by atoms with Crippen molar-refractivity contribution in [3.63, 3.8) is 0 Å². The Bertz CT molecular complexity index is 618. The summed E-state index contributed by atoms with van der Waals surface area (Å²) in [5.74, 6) is 2.60. The number of nitrogens with two attached hydrogens (primary N) is 1. The van der Waals surface area contributed by atoms with E-state index in [1.165, 1.54) is 0 Å². The number of ether oxygens (including phenoxy) is 1. The minimum absolute atomic E-state index is 0.285. The van der Waals surface area contributed by atoms with Crippen molar-refractivity contribution in [2.75, 3.05) is 25.1 Å². The number of piperidine rings is 1. The topological polar surface area (TPSA) is 51.4 Å². The van der Waals surface area contributed by atoms with Gasteiger partial charge in [0, 0.05) is 36.1 Å². The molecule has 4 nitrogen and oxygen atoms in total. The molecule has 1 saturated heterocycles. The van der Waals surface area contributed by atoms with Crippen LogP contribution in [0.1, 0.15) is 19.8 Å². The monoisotopic (exact) mass is 285 g/mol. The first-order chi connectivity index (χ1) is 10.2. The summed E-state index contributed by atoms with van der Waals surface area (Å²) in [6, 6.07) is 8.45. The van der Waals surface area contributed by atoms with E-state index < -0.39 is 0 Å². The number of pyridine rings is 1. The van der Waals surface area contributed by atoms with Gasteiger partial charge in [-0.3, -0.25) is 0 Å². The molecule has 1 aliphatic rings. The molecule has 1 fully saturated rings. The Labute approximate surface area is 125 Å². The summed E-state index contributed by atoms with van der Waals surface area (Å²) in [6.45, 7) is 4.16. The number of fused-ring (bicyclic) bond motifs is 1. The lowest BCUT2D eigenvalue weighted by Crippen LogP contribution is -2.40. The largest absolute Gasteiger partial charge is 0.496 e. The highest BCUT2D eigenvalue weighted by Gasteiger charge is 2.23. The van der Waals surface area contributed by atoms with Crippen molar-refractivity contribution in [3.05, 3.63) is 30.5 Å². The molecule has 0 spiro atoms. The van der Waals surface area contributed by atoms with Crippen LogP contribution in [0.2, 0.25) is 0 Å². The Morgan fingerprint density at radius 2 is 2.00 bits per heavy atom. The van der Waals surface area contributed by atoms with Gasteiger partial charge in [-0.1, -0.05) is 12.1 Å². The van der Waals surface area contributed by atoms with Gasteiger partial charge in [0.2, 0.25) is 0 Å². The maximum atomic E-state index is 6.03. The Morgan fingerprint density at radius 3 is 2.67 bits per heavy atom. The molecule has 0 aliphatic carbocycles. The standard InChI is InChI=1S/C17H23N3O/c1-12(18)13-7-10-20(11-8-13)17-15-4-3-5-16(21-2)14(15)6-9-19-17/h3-6,9,12-13H,7-8,10-11,18H2,1-2H3. The van der Waals surface area contributed by atoms with Gasteiger partial charge in [-0.15, -0.1) is 0 Å². The van der Waals surface area contributed by atoms with E-state index in [1.807, 2.05) is 24.4 Å². The third-order valence-corrected chi connectivity index (χ3v) is 4.55. The molecule has 0 bridgehead atoms. The molecule has 2 heterocycles. The predicted octanol–water partition coefficient (Wildman–Crippen LogP) is 2.81. The van der Waals surface area contributed by atoms with Crippen LogP contribution in [0.5, 0.6) is 5.75 Å². The van der Waals surface area contributed by atoms with E-state index in [9.17, 15) is 0 Å². The van der Waals surface area contributed by atoms with E-state index in [1.54, 1.807) is 7.11 Å². The summed E-state index contributed by atoms with van der Waals surface area (Å²) in [5, 5.41) is 2.29. The second kappa shape index (κ2) is 5.90. The number of rotatable bonds is 3. The van der Waals surface area contributed by atoms with Crippen LogP contribution in [0, 0.1) is 5.92 Å². The summed E-state index contributed by atoms with van der Waals surface area (Å²) in [5.41, 5.74) is 6.03. The average Bonchev–Trinajstić information content (AvgIpc) is 2.53. The third-order valence-electron chi connectivity index (χ3n) is 4.55. The SMILES string of the molecule is COc1cccc2c(N3CCC(C(C)N)CC3)nccc12. The molecule has 4 heteroatoms. The zero-order valence-corrected chi connectivity index (χ0v) is 12.7. The molecule has 112 valence electrons. The van der Waals surface area contributed by atoms with Gasteiger partial charge in [0.05, 0.1) is 7.11 Å². The molecule has 1 unspecified atom stereocenters. The predicted molar refractivity (Wildman–Crippen MR) is 86.9 cm³/mol. The number of hydrogen-bond acceptors (Lipinski definition) is 4. The smallest absolute Gasteiger partial charge is 0.136 e. The second-order valence-corrected chi connectivity index (χ2v) is 5.87. The third kappa shape index (κ3) is 2.68. The van der Waals surface area contributed by atoms with Crippen LogP contribution >= 0.6 is 0 Å². The Balaban J connectivity index is 1.91. The quantitative estimate of drug-likeness (QED) is 0.942. The Morgan fingerprint density at radius 1 is 1.24 bits per heavy atom. The molecule has 0 radical (unpaired) electrons. The van der Waals surface area contributed by atoms with Crippen LogP contribution in [-0.2, 0) is 0 Å².